The van der Waals surface area contributed by atoms with Gasteiger partial charge in [0.25, 0.3) is 0 Å². The second kappa shape index (κ2) is 9.55. The zero-order valence-electron chi connectivity index (χ0n) is 17.0. The summed E-state index contributed by atoms with van der Waals surface area (Å²) in [5, 5.41) is 8.41. The molecule has 4 rings (SSSR count). The van der Waals surface area contributed by atoms with Crippen LogP contribution in [0.1, 0.15) is 25.1 Å². The molecule has 1 fully saturated rings. The number of hydrogen-bond acceptors (Lipinski definition) is 6. The molecule has 3 N–H and O–H groups in total. The number of ether oxygens (including phenoxy) is 1. The van der Waals surface area contributed by atoms with Crippen molar-refractivity contribution in [3.63, 3.8) is 0 Å². The second-order valence-corrected chi connectivity index (χ2v) is 7.20. The standard InChI is InChI=1S/C20H25FN6O2.ClH/c1-3-23-20(28)25-16-5-4-13(8-15(16)21)18-24-17-10-22-9-14(17)19(26-18)27-6-7-29-11-12(27)2;/h4-5,8,12,22H,3,6-7,9-11H2,1-2H3,(H2,23,25,28);1H/t12-;/m0./s1. The molecule has 0 radical (unpaired) electrons. The predicted molar refractivity (Wildman–Crippen MR) is 116 cm³/mol. The molecule has 2 amide bonds. The van der Waals surface area contributed by atoms with Gasteiger partial charge in [-0.05, 0) is 32.0 Å². The van der Waals surface area contributed by atoms with Crippen LogP contribution >= 0.6 is 12.4 Å². The van der Waals surface area contributed by atoms with Crippen molar-refractivity contribution in [3.05, 3.63) is 35.3 Å². The number of morpholine rings is 1. The van der Waals surface area contributed by atoms with Crippen LogP contribution in [0.2, 0.25) is 0 Å². The monoisotopic (exact) mass is 436 g/mol. The molecule has 30 heavy (non-hydrogen) atoms. The lowest BCUT2D eigenvalue weighted by Gasteiger charge is -2.35. The quantitative estimate of drug-likeness (QED) is 0.682. The van der Waals surface area contributed by atoms with E-state index in [9.17, 15) is 9.18 Å². The predicted octanol–water partition coefficient (Wildman–Crippen LogP) is 2.67. The Morgan fingerprint density at radius 2 is 2.20 bits per heavy atom. The zero-order chi connectivity index (χ0) is 20.4. The number of halogens is 2. The minimum atomic E-state index is -0.530. The van der Waals surface area contributed by atoms with Crippen LogP contribution in [-0.4, -0.2) is 48.3 Å². The van der Waals surface area contributed by atoms with E-state index in [1.54, 1.807) is 13.0 Å². The number of urea groups is 1. The van der Waals surface area contributed by atoms with Crippen molar-refractivity contribution in [1.82, 2.24) is 20.6 Å². The molecule has 0 spiro atoms. The molecule has 1 atom stereocenters. The number of rotatable bonds is 4. The Kier molecular flexibility index (Phi) is 7.06. The van der Waals surface area contributed by atoms with Gasteiger partial charge in [-0.15, -0.1) is 12.4 Å². The Labute approximate surface area is 181 Å². The number of hydrogen-bond donors (Lipinski definition) is 3. The summed E-state index contributed by atoms with van der Waals surface area (Å²) in [7, 11) is 0. The second-order valence-electron chi connectivity index (χ2n) is 7.20. The van der Waals surface area contributed by atoms with E-state index < -0.39 is 11.8 Å². The van der Waals surface area contributed by atoms with Crippen molar-refractivity contribution in [3.8, 4) is 11.4 Å². The molecule has 0 bridgehead atoms. The minimum absolute atomic E-state index is 0. The first-order valence-electron chi connectivity index (χ1n) is 9.86. The van der Waals surface area contributed by atoms with Crippen LogP contribution in [-0.2, 0) is 17.8 Å². The van der Waals surface area contributed by atoms with E-state index in [0.717, 1.165) is 30.2 Å². The molecule has 0 saturated carbocycles. The smallest absolute Gasteiger partial charge is 0.319 e. The van der Waals surface area contributed by atoms with Gasteiger partial charge >= 0.3 is 6.03 Å². The Bertz CT molecular complexity index is 928. The number of nitrogens with one attached hydrogen (secondary N) is 3. The summed E-state index contributed by atoms with van der Waals surface area (Å²) < 4.78 is 20.1. The van der Waals surface area contributed by atoms with Crippen molar-refractivity contribution < 1.29 is 13.9 Å². The summed E-state index contributed by atoms with van der Waals surface area (Å²) in [5.74, 6) is 0.831. The summed E-state index contributed by atoms with van der Waals surface area (Å²) in [6.45, 7) is 7.81. The van der Waals surface area contributed by atoms with E-state index in [1.165, 1.54) is 12.1 Å². The molecule has 1 aromatic heterocycles. The Hall–Kier alpha value is -2.49. The molecule has 3 heterocycles. The molecular formula is C20H26ClFN6O2. The average molecular weight is 437 g/mol. The van der Waals surface area contributed by atoms with Gasteiger partial charge in [0, 0.05) is 37.3 Å². The van der Waals surface area contributed by atoms with Gasteiger partial charge in [-0.3, -0.25) is 0 Å². The summed E-state index contributed by atoms with van der Waals surface area (Å²) in [5.41, 5.74) is 2.72. The van der Waals surface area contributed by atoms with Gasteiger partial charge in [0.1, 0.15) is 11.6 Å². The van der Waals surface area contributed by atoms with E-state index >= 15 is 0 Å². The largest absolute Gasteiger partial charge is 0.377 e. The number of amides is 2. The van der Waals surface area contributed by atoms with Crippen molar-refractivity contribution in [2.24, 2.45) is 0 Å². The van der Waals surface area contributed by atoms with Gasteiger partial charge in [-0.1, -0.05) is 0 Å². The molecule has 162 valence electrons. The maximum atomic E-state index is 14.6. The number of anilines is 2. The first kappa shape index (κ1) is 22.2. The number of carbonyl (C=O) groups excluding carboxylic acids is 1. The van der Waals surface area contributed by atoms with E-state index in [0.29, 0.717) is 37.7 Å². The molecule has 2 aliphatic rings. The highest BCUT2D eigenvalue weighted by Gasteiger charge is 2.28. The Morgan fingerprint density at radius 1 is 1.37 bits per heavy atom. The molecule has 2 aliphatic heterocycles. The van der Waals surface area contributed by atoms with Gasteiger partial charge < -0.3 is 25.6 Å². The lowest BCUT2D eigenvalue weighted by Crippen LogP contribution is -2.44. The normalized spacial score (nSPS) is 17.8. The highest BCUT2D eigenvalue weighted by Crippen LogP contribution is 2.31. The number of carbonyl (C=O) groups is 1. The van der Waals surface area contributed by atoms with E-state index in [-0.39, 0.29) is 24.1 Å². The van der Waals surface area contributed by atoms with Crippen LogP contribution in [0.3, 0.4) is 0 Å². The average Bonchev–Trinajstić information content (AvgIpc) is 3.18. The van der Waals surface area contributed by atoms with Crippen LogP contribution in [0.4, 0.5) is 20.7 Å². The van der Waals surface area contributed by atoms with Crippen molar-refractivity contribution in [1.29, 1.82) is 0 Å². The third-order valence-corrected chi connectivity index (χ3v) is 5.12. The third-order valence-electron chi connectivity index (χ3n) is 5.12. The van der Waals surface area contributed by atoms with Crippen LogP contribution in [0, 0.1) is 5.82 Å². The van der Waals surface area contributed by atoms with Crippen LogP contribution in [0.5, 0.6) is 0 Å². The lowest BCUT2D eigenvalue weighted by molar-refractivity contribution is 0.0984. The van der Waals surface area contributed by atoms with Crippen LogP contribution in [0.15, 0.2) is 18.2 Å². The van der Waals surface area contributed by atoms with Gasteiger partial charge in [-0.2, -0.15) is 0 Å². The molecular weight excluding hydrogens is 411 g/mol. The summed E-state index contributed by atoms with van der Waals surface area (Å²) in [6.07, 6.45) is 0. The third kappa shape index (κ3) is 4.48. The summed E-state index contributed by atoms with van der Waals surface area (Å²) in [6, 6.07) is 4.38. The van der Waals surface area contributed by atoms with Crippen LogP contribution < -0.4 is 20.9 Å². The van der Waals surface area contributed by atoms with Gasteiger partial charge in [0.15, 0.2) is 5.82 Å². The Morgan fingerprint density at radius 3 is 2.93 bits per heavy atom. The Balaban J connectivity index is 0.00000256. The molecule has 0 aliphatic carbocycles. The lowest BCUT2D eigenvalue weighted by atomic mass is 10.1. The first-order valence-corrected chi connectivity index (χ1v) is 9.86. The van der Waals surface area contributed by atoms with Crippen molar-refractivity contribution in [2.75, 3.05) is 36.5 Å². The molecule has 0 unspecified atom stereocenters. The molecule has 2 aromatic rings. The fourth-order valence-electron chi connectivity index (χ4n) is 3.64. The van der Waals surface area contributed by atoms with Gasteiger partial charge in [0.2, 0.25) is 0 Å². The number of aromatic nitrogens is 2. The molecule has 1 saturated heterocycles. The number of benzene rings is 1. The highest BCUT2D eigenvalue weighted by molar-refractivity contribution is 5.89. The summed E-state index contributed by atoms with van der Waals surface area (Å²) in [4.78, 5) is 23.4. The van der Waals surface area contributed by atoms with Crippen molar-refractivity contribution >= 4 is 29.9 Å². The van der Waals surface area contributed by atoms with Gasteiger partial charge in [-0.25, -0.2) is 19.2 Å². The maximum absolute atomic E-state index is 14.6. The molecule has 8 nitrogen and oxygen atoms in total. The van der Waals surface area contributed by atoms with E-state index in [4.69, 9.17) is 9.72 Å². The topological polar surface area (TPSA) is 91.4 Å². The van der Waals surface area contributed by atoms with Crippen LogP contribution in [0.25, 0.3) is 11.4 Å². The molecule has 10 heteroatoms. The van der Waals surface area contributed by atoms with E-state index in [2.05, 4.69) is 32.8 Å². The van der Waals surface area contributed by atoms with Gasteiger partial charge in [0.05, 0.1) is 30.6 Å². The van der Waals surface area contributed by atoms with Crippen molar-refractivity contribution in [2.45, 2.75) is 33.0 Å². The fraction of sp³-hybridized carbons (Fsp3) is 0.450. The number of fused-ring (bicyclic) bond motifs is 1. The zero-order valence-corrected chi connectivity index (χ0v) is 17.8. The first-order chi connectivity index (χ1) is 14.1. The number of nitrogens with zero attached hydrogens (tertiary/aromatic N) is 3. The fourth-order valence-corrected chi connectivity index (χ4v) is 3.64. The SMILES string of the molecule is CCNC(=O)Nc1ccc(-c2nc3c(c(N4CCOC[C@@H]4C)n2)CNC3)cc1F.Cl. The highest BCUT2D eigenvalue weighted by atomic mass is 35.5. The summed E-state index contributed by atoms with van der Waals surface area (Å²) >= 11 is 0. The minimum Gasteiger partial charge on any atom is -0.377 e. The maximum Gasteiger partial charge on any atom is 0.319 e. The van der Waals surface area contributed by atoms with E-state index in [1.807, 2.05) is 0 Å². The molecule has 1 aromatic carbocycles.